The van der Waals surface area contributed by atoms with Crippen LogP contribution in [-0.2, 0) is 26.5 Å². The van der Waals surface area contributed by atoms with Gasteiger partial charge in [-0.2, -0.15) is 3.71 Å². The van der Waals surface area contributed by atoms with Crippen LogP contribution < -0.4 is 3.71 Å². The number of anilines is 1. The molecule has 1 aliphatic carbocycles. The molecule has 11 heteroatoms. The van der Waals surface area contributed by atoms with Gasteiger partial charge in [0.25, 0.3) is 0 Å². The number of hydrogen-bond donors (Lipinski definition) is 0. The quantitative estimate of drug-likeness (QED) is 0.733. The second-order valence-corrected chi connectivity index (χ2v) is 11.7. The minimum Gasteiger partial charge on any atom is -0.294 e. The van der Waals surface area contributed by atoms with Crippen molar-refractivity contribution in [1.82, 2.24) is 4.98 Å². The highest BCUT2D eigenvalue weighted by molar-refractivity contribution is 8.09. The van der Waals surface area contributed by atoms with E-state index in [1.165, 1.54) is 29.2 Å². The molecule has 3 rings (SSSR count). The van der Waals surface area contributed by atoms with Crippen molar-refractivity contribution in [3.8, 4) is 0 Å². The third-order valence-electron chi connectivity index (χ3n) is 3.53. The molecular formula is C14H14N2O5S4. The summed E-state index contributed by atoms with van der Waals surface area (Å²) in [5.41, 5.74) is 2.83. The predicted octanol–water partition coefficient (Wildman–Crippen LogP) is 2.15. The maximum atomic E-state index is 12.2. The fourth-order valence-corrected chi connectivity index (χ4v) is 7.45. The molecule has 7 nitrogen and oxygen atoms in total. The van der Waals surface area contributed by atoms with Crippen molar-refractivity contribution in [1.29, 1.82) is 0 Å². The Morgan fingerprint density at radius 3 is 2.36 bits per heavy atom. The largest absolute Gasteiger partial charge is 0.294 e. The molecule has 1 aromatic heterocycles. The van der Waals surface area contributed by atoms with Crippen LogP contribution in [0, 0.1) is 0 Å². The lowest BCUT2D eigenvalue weighted by Crippen LogP contribution is -2.35. The van der Waals surface area contributed by atoms with Gasteiger partial charge in [0, 0.05) is 16.9 Å². The van der Waals surface area contributed by atoms with Gasteiger partial charge < -0.3 is 0 Å². The van der Waals surface area contributed by atoms with Crippen molar-refractivity contribution in [2.45, 2.75) is 21.9 Å². The van der Waals surface area contributed by atoms with E-state index >= 15 is 0 Å². The van der Waals surface area contributed by atoms with Gasteiger partial charge in [-0.1, -0.05) is 11.8 Å². The third kappa shape index (κ3) is 3.73. The van der Waals surface area contributed by atoms with E-state index in [1.54, 1.807) is 17.8 Å². The Hall–Kier alpha value is -1.43. The molecule has 0 aliphatic heterocycles. The van der Waals surface area contributed by atoms with Crippen molar-refractivity contribution in [2.75, 3.05) is 16.2 Å². The van der Waals surface area contributed by atoms with Gasteiger partial charge in [0.05, 0.1) is 34.1 Å². The highest BCUT2D eigenvalue weighted by Gasteiger charge is 2.32. The van der Waals surface area contributed by atoms with E-state index in [-0.39, 0.29) is 11.5 Å². The second kappa shape index (κ2) is 6.38. The number of rotatable bonds is 5. The van der Waals surface area contributed by atoms with E-state index in [0.29, 0.717) is 32.6 Å². The first kappa shape index (κ1) is 18.4. The van der Waals surface area contributed by atoms with Gasteiger partial charge in [-0.05, 0) is 24.1 Å². The Morgan fingerprint density at radius 1 is 1.12 bits per heavy atom. The molecule has 1 aliphatic rings. The third-order valence-corrected chi connectivity index (χ3v) is 8.71. The number of Topliss-reactive ketones (excluding diaryl/α,β-unsaturated/α-hetero) is 1. The summed E-state index contributed by atoms with van der Waals surface area (Å²) >= 11 is 2.52. The normalized spacial score (nSPS) is 14.6. The van der Waals surface area contributed by atoms with Crippen LogP contribution in [0.2, 0.25) is 0 Å². The van der Waals surface area contributed by atoms with E-state index in [1.807, 2.05) is 0 Å². The molecular weight excluding hydrogens is 404 g/mol. The SMILES string of the molecule is CS(=O)(=O)N(c1cc2c(cc1Sc1cncs1)C(=O)CC2)S(C)(=O)=O. The van der Waals surface area contributed by atoms with Crippen molar-refractivity contribution in [2.24, 2.45) is 0 Å². The number of carbonyl (C=O) groups excluding carboxylic acids is 1. The Bertz CT molecular complexity index is 1010. The van der Waals surface area contributed by atoms with E-state index in [2.05, 4.69) is 4.98 Å². The molecule has 1 aromatic carbocycles. The van der Waals surface area contributed by atoms with Crippen molar-refractivity contribution >= 4 is 54.6 Å². The summed E-state index contributed by atoms with van der Waals surface area (Å²) in [4.78, 5) is 16.4. The number of aryl methyl sites for hydroxylation is 1. The lowest BCUT2D eigenvalue weighted by molar-refractivity contribution is 0.0994. The molecule has 0 radical (unpaired) electrons. The smallest absolute Gasteiger partial charge is 0.245 e. The molecule has 0 amide bonds. The molecule has 0 saturated carbocycles. The average molecular weight is 419 g/mol. The maximum absolute atomic E-state index is 12.2. The molecule has 0 N–H and O–H groups in total. The van der Waals surface area contributed by atoms with E-state index in [0.717, 1.165) is 16.7 Å². The van der Waals surface area contributed by atoms with Gasteiger partial charge in [0.2, 0.25) is 20.0 Å². The summed E-state index contributed by atoms with van der Waals surface area (Å²) in [5, 5.41) is 0. The maximum Gasteiger partial charge on any atom is 0.245 e. The molecule has 0 saturated heterocycles. The summed E-state index contributed by atoms with van der Waals surface area (Å²) in [6, 6.07) is 3.07. The van der Waals surface area contributed by atoms with Crippen molar-refractivity contribution < 1.29 is 21.6 Å². The van der Waals surface area contributed by atoms with Crippen LogP contribution in [0.25, 0.3) is 0 Å². The number of benzene rings is 1. The van der Waals surface area contributed by atoms with E-state index < -0.39 is 20.0 Å². The summed E-state index contributed by atoms with van der Waals surface area (Å²) in [6.07, 6.45) is 4.08. The highest BCUT2D eigenvalue weighted by Crippen LogP contribution is 2.42. The molecule has 0 bridgehead atoms. The van der Waals surface area contributed by atoms with Crippen LogP contribution in [0.1, 0.15) is 22.3 Å². The average Bonchev–Trinajstić information content (AvgIpc) is 3.07. The second-order valence-electron chi connectivity index (χ2n) is 5.55. The Morgan fingerprint density at radius 2 is 1.80 bits per heavy atom. The first-order valence-corrected chi connectivity index (χ1v) is 12.4. The van der Waals surface area contributed by atoms with Gasteiger partial charge in [-0.3, -0.25) is 9.78 Å². The fourth-order valence-electron chi connectivity index (χ4n) is 2.65. The van der Waals surface area contributed by atoms with Gasteiger partial charge in [0.1, 0.15) is 0 Å². The Labute approximate surface area is 154 Å². The zero-order valence-electron chi connectivity index (χ0n) is 13.3. The Kier molecular flexibility index (Phi) is 4.69. The first-order valence-electron chi connectivity index (χ1n) is 7.04. The molecule has 0 fully saturated rings. The minimum absolute atomic E-state index is 0.0297. The zero-order chi connectivity index (χ0) is 18.4. The monoisotopic (exact) mass is 418 g/mol. The number of aromatic nitrogens is 1. The first-order chi connectivity index (χ1) is 11.6. The van der Waals surface area contributed by atoms with Crippen LogP contribution in [0.5, 0.6) is 0 Å². The molecule has 0 spiro atoms. The summed E-state index contributed by atoms with van der Waals surface area (Å²) in [6.45, 7) is 0. The summed E-state index contributed by atoms with van der Waals surface area (Å²) < 4.78 is 49.8. The molecule has 2 aromatic rings. The van der Waals surface area contributed by atoms with Crippen molar-refractivity contribution in [3.63, 3.8) is 0 Å². The topological polar surface area (TPSA) is 101 Å². The number of ketones is 1. The van der Waals surface area contributed by atoms with Gasteiger partial charge >= 0.3 is 0 Å². The summed E-state index contributed by atoms with van der Waals surface area (Å²) in [5.74, 6) is -0.0297. The minimum atomic E-state index is -4.07. The fraction of sp³-hybridized carbons (Fsp3) is 0.286. The molecule has 1 heterocycles. The van der Waals surface area contributed by atoms with Gasteiger partial charge in [-0.25, -0.2) is 16.8 Å². The number of nitrogens with zero attached hydrogens (tertiary/aromatic N) is 2. The van der Waals surface area contributed by atoms with E-state index in [9.17, 15) is 21.6 Å². The number of carbonyl (C=O) groups is 1. The van der Waals surface area contributed by atoms with Gasteiger partial charge in [0.15, 0.2) is 5.78 Å². The lowest BCUT2D eigenvalue weighted by atomic mass is 10.1. The molecule has 0 atom stereocenters. The van der Waals surface area contributed by atoms with Crippen molar-refractivity contribution in [3.05, 3.63) is 35.0 Å². The van der Waals surface area contributed by atoms with Crippen LogP contribution in [0.15, 0.2) is 32.9 Å². The standard InChI is InChI=1S/C14H14N2O5S4/c1-24(18,19)16(25(2,20)21)11-5-9-3-4-12(17)10(9)6-13(11)23-14-7-15-8-22-14/h5-8H,3-4H2,1-2H3. The van der Waals surface area contributed by atoms with Crippen LogP contribution >= 0.6 is 23.1 Å². The molecule has 0 unspecified atom stereocenters. The van der Waals surface area contributed by atoms with Crippen LogP contribution in [-0.4, -0.2) is 40.1 Å². The molecule has 134 valence electrons. The Balaban J connectivity index is 2.25. The van der Waals surface area contributed by atoms with Gasteiger partial charge in [-0.15, -0.1) is 11.3 Å². The van der Waals surface area contributed by atoms with Crippen LogP contribution in [0.4, 0.5) is 5.69 Å². The lowest BCUT2D eigenvalue weighted by Gasteiger charge is -2.23. The van der Waals surface area contributed by atoms with Crippen LogP contribution in [0.3, 0.4) is 0 Å². The molecule has 25 heavy (non-hydrogen) atoms. The zero-order valence-corrected chi connectivity index (χ0v) is 16.6. The number of hydrogen-bond acceptors (Lipinski definition) is 8. The van der Waals surface area contributed by atoms with E-state index in [4.69, 9.17) is 0 Å². The highest BCUT2D eigenvalue weighted by atomic mass is 32.3. The number of fused-ring (bicyclic) bond motifs is 1. The number of sulfonamides is 2. The number of thiazole rings is 1. The predicted molar refractivity (Wildman–Crippen MR) is 97.5 cm³/mol. The summed E-state index contributed by atoms with van der Waals surface area (Å²) in [7, 11) is -8.15.